The lowest BCUT2D eigenvalue weighted by atomic mass is 9.43. The van der Waals surface area contributed by atoms with Crippen LogP contribution < -0.4 is 21.1 Å². The largest absolute Gasteiger partial charge is 0.691 e. The van der Waals surface area contributed by atoms with Crippen molar-refractivity contribution in [1.29, 1.82) is 0 Å². The molecule has 4 aliphatic carbocycles. The van der Waals surface area contributed by atoms with Crippen LogP contribution in [0.25, 0.3) is 0 Å². The predicted octanol–water partition coefficient (Wildman–Crippen LogP) is 2.00. The molecule has 8 unspecified atom stereocenters. The third-order valence-electron chi connectivity index (χ3n) is 13.4. The number of hydrogen-bond acceptors (Lipinski definition) is 18. The van der Waals surface area contributed by atoms with Crippen LogP contribution in [0.3, 0.4) is 0 Å². The quantitative estimate of drug-likeness (QED) is 0.0220. The minimum absolute atomic E-state index is 0.0241. The molecule has 1 aliphatic heterocycles. The summed E-state index contributed by atoms with van der Waals surface area (Å²) in [6.07, 6.45) is -2.68. The molecule has 1 spiro atoms. The van der Waals surface area contributed by atoms with Crippen LogP contribution in [0.1, 0.15) is 69.4 Å². The molecule has 6 rings (SSSR count). The highest BCUT2D eigenvalue weighted by Gasteiger charge is 2.67. The number of benzene rings is 1. The molecule has 326 valence electrons. The molecule has 6 N–H and O–H groups in total. The van der Waals surface area contributed by atoms with Gasteiger partial charge in [-0.3, -0.25) is 28.0 Å². The molecule has 4 saturated carbocycles. The van der Waals surface area contributed by atoms with E-state index in [9.17, 15) is 40.5 Å². The third kappa shape index (κ3) is 9.79. The Labute approximate surface area is 358 Å². The fourth-order valence-electron chi connectivity index (χ4n) is 10.9. The molecule has 13 atom stereocenters. The number of aryl methyl sites for hydroxylation is 2. The lowest BCUT2D eigenvalue weighted by molar-refractivity contribution is -0.778. The molecule has 1 aromatic rings. The smallest absolute Gasteiger partial charge is 0.306 e. The van der Waals surface area contributed by atoms with Crippen molar-refractivity contribution in [2.24, 2.45) is 34.5 Å². The Bertz CT molecular complexity index is 1590. The number of carbonyl (C=O) groups is 2. The SMILES string of the molecule is C=C1C2CCC3C4(C)CC(O[C@H]5O[C@H](CNCCNC(=O)CCc6cc(C)c(O)c(I)c6)[C@@H](OSOO[O-])[C@@H](OSOO[O-])C5O)CC(C(=O)O)C4CCC3(C2)[C@H]1O. The van der Waals surface area contributed by atoms with Crippen LogP contribution in [-0.2, 0) is 52.6 Å². The summed E-state index contributed by atoms with van der Waals surface area (Å²) >= 11 is 2.31. The van der Waals surface area contributed by atoms with Gasteiger partial charge >= 0.3 is 5.97 Å². The number of carbonyl (C=O) groups excluding carboxylic acids is 1. The molecule has 5 fully saturated rings. The van der Waals surface area contributed by atoms with Crippen molar-refractivity contribution in [1.82, 2.24) is 10.6 Å². The van der Waals surface area contributed by atoms with Gasteiger partial charge in [-0.25, -0.2) is 0 Å². The molecule has 1 aromatic carbocycles. The Morgan fingerprint density at radius 1 is 1.07 bits per heavy atom. The normalized spacial score (nSPS) is 36.9. The van der Waals surface area contributed by atoms with E-state index in [1.54, 1.807) is 6.92 Å². The van der Waals surface area contributed by atoms with E-state index in [0.29, 0.717) is 22.8 Å². The molecule has 21 heteroatoms. The van der Waals surface area contributed by atoms with Crippen molar-refractivity contribution in [2.75, 3.05) is 19.6 Å². The molecular formula is C37H51IN2O16S2-2. The van der Waals surface area contributed by atoms with Crippen LogP contribution in [0.2, 0.25) is 0 Å². The Hall–Kier alpha value is -1.39. The minimum Gasteiger partial charge on any atom is -0.691 e. The van der Waals surface area contributed by atoms with Crippen molar-refractivity contribution in [3.8, 4) is 5.75 Å². The van der Waals surface area contributed by atoms with E-state index in [1.807, 2.05) is 34.7 Å². The third-order valence-corrected chi connectivity index (χ3v) is 15.0. The summed E-state index contributed by atoms with van der Waals surface area (Å²) in [5.74, 6) is -1.51. The van der Waals surface area contributed by atoms with Crippen molar-refractivity contribution in [2.45, 2.75) is 115 Å². The fourth-order valence-corrected chi connectivity index (χ4v) is 12.5. The van der Waals surface area contributed by atoms with Crippen molar-refractivity contribution in [3.63, 3.8) is 0 Å². The summed E-state index contributed by atoms with van der Waals surface area (Å²) in [6, 6.07) is 3.67. The molecule has 18 nitrogen and oxygen atoms in total. The first kappa shape index (κ1) is 46.1. The van der Waals surface area contributed by atoms with E-state index < -0.39 is 60.2 Å². The number of aliphatic hydroxyl groups is 2. The standard InChI is InChI=1S/C37H53IN2O16S2/c1-18-12-20(13-25(38)29(18)42)4-7-28(41)40-11-10-39-17-26-31(51-57-55-53-47)32(52-58-56-54-48)30(43)35(50-26)49-22-14-23(34(45)46)24-8-9-37-15-21(19(2)33(37)44)5-6-27(37)36(24,3)16-22/h12-13,21-24,26-27,30-33,35,39,42-44,47-48H,2,4-11,14-17H2,1,3H3,(H,40,41)(H,45,46)/p-2/t21?,22?,23?,24?,26-,27?,30?,31-,32+,33+,35+,36?,37?/m1/s1. The number of rotatable bonds is 19. The lowest BCUT2D eigenvalue weighted by Gasteiger charge is -2.62. The summed E-state index contributed by atoms with van der Waals surface area (Å²) in [4.78, 5) is 25.5. The summed E-state index contributed by atoms with van der Waals surface area (Å²) in [6.45, 7) is 8.68. The molecule has 1 amide bonds. The van der Waals surface area contributed by atoms with Gasteiger partial charge in [0.2, 0.25) is 5.91 Å². The van der Waals surface area contributed by atoms with Crippen molar-refractivity contribution >= 4 is 59.1 Å². The van der Waals surface area contributed by atoms with Crippen LogP contribution >= 0.6 is 47.2 Å². The van der Waals surface area contributed by atoms with Gasteiger partial charge < -0.3 is 51.0 Å². The molecule has 1 heterocycles. The van der Waals surface area contributed by atoms with Crippen LogP contribution in [0.15, 0.2) is 24.3 Å². The molecule has 1 saturated heterocycles. The van der Waals surface area contributed by atoms with E-state index in [-0.39, 0.29) is 91.9 Å². The number of aliphatic carboxylic acids is 1. The molecule has 0 radical (unpaired) electrons. The van der Waals surface area contributed by atoms with Gasteiger partial charge in [-0.05, 0) is 127 Å². The second-order valence-corrected chi connectivity index (χ2v) is 18.5. The number of carboxylic acid groups (broad SMARTS) is 1. The number of amides is 1. The number of aromatic hydroxyl groups is 1. The minimum atomic E-state index is -1.61. The summed E-state index contributed by atoms with van der Waals surface area (Å²) in [7, 11) is 0. The van der Waals surface area contributed by atoms with E-state index in [4.69, 9.17) is 17.8 Å². The van der Waals surface area contributed by atoms with Gasteiger partial charge in [0.25, 0.3) is 0 Å². The lowest BCUT2D eigenvalue weighted by Crippen LogP contribution is -2.63. The molecule has 0 aromatic heterocycles. The molecule has 2 bridgehead atoms. The number of phenols is 1. The second-order valence-electron chi connectivity index (χ2n) is 16.4. The summed E-state index contributed by atoms with van der Waals surface area (Å²) in [5.41, 5.74) is 1.63. The van der Waals surface area contributed by atoms with E-state index >= 15 is 0 Å². The fraction of sp³-hybridized carbons (Fsp3) is 0.730. The highest BCUT2D eigenvalue weighted by molar-refractivity contribution is 14.1. The maximum absolute atomic E-state index is 12.9. The molecule has 5 aliphatic rings. The molecular weight excluding hydrogens is 919 g/mol. The molecule has 58 heavy (non-hydrogen) atoms. The van der Waals surface area contributed by atoms with Gasteiger partial charge in [0.1, 0.15) is 30.2 Å². The number of phenolic OH excluding ortho intramolecular Hbond substituents is 1. The first-order chi connectivity index (χ1) is 27.7. The van der Waals surface area contributed by atoms with Gasteiger partial charge in [0.05, 0.1) is 21.7 Å². The second kappa shape index (κ2) is 20.2. The monoisotopic (exact) mass is 970 g/mol. The number of ether oxygens (including phenoxy) is 2. The highest BCUT2D eigenvalue weighted by atomic mass is 127. The number of fused-ring (bicyclic) bond motifs is 3. The van der Waals surface area contributed by atoms with Gasteiger partial charge in [0.15, 0.2) is 30.9 Å². The van der Waals surface area contributed by atoms with E-state index in [2.05, 4.69) is 42.9 Å². The van der Waals surface area contributed by atoms with Crippen LogP contribution in [0, 0.1) is 45.0 Å². The number of aliphatic hydroxyl groups excluding tert-OH is 2. The topological polar surface area (TPSA) is 259 Å². The first-order valence-corrected chi connectivity index (χ1v) is 21.8. The van der Waals surface area contributed by atoms with Crippen molar-refractivity contribution in [3.05, 3.63) is 39.0 Å². The van der Waals surface area contributed by atoms with E-state index in [1.165, 1.54) is 0 Å². The first-order valence-electron chi connectivity index (χ1n) is 19.3. The number of halogens is 1. The van der Waals surface area contributed by atoms with Crippen LogP contribution in [0.4, 0.5) is 0 Å². The zero-order valence-electron chi connectivity index (χ0n) is 32.1. The van der Waals surface area contributed by atoms with Crippen LogP contribution in [0.5, 0.6) is 5.75 Å². The average molecular weight is 971 g/mol. The summed E-state index contributed by atoms with van der Waals surface area (Å²) in [5, 5.41) is 77.7. The maximum Gasteiger partial charge on any atom is 0.306 e. The average Bonchev–Trinajstić information content (AvgIpc) is 3.36. The zero-order valence-corrected chi connectivity index (χ0v) is 35.9. The number of nitrogens with one attached hydrogen (secondary N) is 2. The van der Waals surface area contributed by atoms with Gasteiger partial charge in [-0.1, -0.05) is 19.6 Å². The zero-order chi connectivity index (χ0) is 41.8. The van der Waals surface area contributed by atoms with Gasteiger partial charge in [-0.2, -0.15) is 0 Å². The number of hydrogen-bond donors (Lipinski definition) is 6. The summed E-state index contributed by atoms with van der Waals surface area (Å²) < 4.78 is 33.3. The Morgan fingerprint density at radius 3 is 2.48 bits per heavy atom. The van der Waals surface area contributed by atoms with Gasteiger partial charge in [-0.15, -0.1) is 8.67 Å². The Morgan fingerprint density at radius 2 is 1.79 bits per heavy atom. The highest BCUT2D eigenvalue weighted by Crippen LogP contribution is 2.70. The number of carboxylic acids is 1. The van der Waals surface area contributed by atoms with Crippen LogP contribution in [-0.4, -0.2) is 94.9 Å². The Kier molecular flexibility index (Phi) is 16.1. The predicted molar refractivity (Wildman–Crippen MR) is 208 cm³/mol. The maximum atomic E-state index is 12.9. The van der Waals surface area contributed by atoms with Crippen molar-refractivity contribution < 1.29 is 77.1 Å². The van der Waals surface area contributed by atoms with E-state index in [0.717, 1.165) is 42.4 Å². The Balaban J connectivity index is 1.13. The van der Waals surface area contributed by atoms with Gasteiger partial charge in [0, 0.05) is 31.5 Å².